The molecule has 1 unspecified atom stereocenters. The third-order valence-electron chi connectivity index (χ3n) is 3.62. The Bertz CT molecular complexity index is 655. The van der Waals surface area contributed by atoms with E-state index in [4.69, 9.17) is 14.6 Å². The highest BCUT2D eigenvalue weighted by molar-refractivity contribution is 5.87. The second-order valence-electron chi connectivity index (χ2n) is 5.70. The highest BCUT2D eigenvalue weighted by Gasteiger charge is 2.07. The molecular weight excluding hydrogens is 306 g/mol. The van der Waals surface area contributed by atoms with Crippen molar-refractivity contribution in [3.05, 3.63) is 59.7 Å². The second kappa shape index (κ2) is 8.93. The lowest BCUT2D eigenvalue weighted by atomic mass is 10.1. The van der Waals surface area contributed by atoms with Crippen LogP contribution in [0.3, 0.4) is 0 Å². The van der Waals surface area contributed by atoms with E-state index in [1.807, 2.05) is 36.4 Å². The van der Waals surface area contributed by atoms with Gasteiger partial charge in [0.2, 0.25) is 0 Å². The van der Waals surface area contributed by atoms with Gasteiger partial charge in [0, 0.05) is 19.0 Å². The Kier molecular flexibility index (Phi) is 6.63. The molecule has 0 aliphatic heterocycles. The maximum absolute atomic E-state index is 10.8. The van der Waals surface area contributed by atoms with Crippen molar-refractivity contribution in [1.29, 1.82) is 0 Å². The first-order chi connectivity index (χ1) is 11.6. The minimum atomic E-state index is -0.906. The lowest BCUT2D eigenvalue weighted by Gasteiger charge is -2.15. The van der Waals surface area contributed by atoms with Crippen LogP contribution >= 0.6 is 0 Å². The van der Waals surface area contributed by atoms with Gasteiger partial charge in [0.05, 0.1) is 19.3 Å². The van der Waals surface area contributed by atoms with E-state index in [2.05, 4.69) is 12.2 Å². The number of aromatic carboxylic acids is 1. The van der Waals surface area contributed by atoms with Gasteiger partial charge in [0.1, 0.15) is 0 Å². The van der Waals surface area contributed by atoms with Crippen molar-refractivity contribution in [2.75, 3.05) is 20.3 Å². The van der Waals surface area contributed by atoms with Gasteiger partial charge >= 0.3 is 5.97 Å². The molecule has 5 heteroatoms. The first kappa shape index (κ1) is 17.8. The maximum atomic E-state index is 10.8. The van der Waals surface area contributed by atoms with Crippen molar-refractivity contribution in [3.8, 4) is 11.5 Å². The molecule has 0 aromatic heterocycles. The molecule has 0 aliphatic rings. The summed E-state index contributed by atoms with van der Waals surface area (Å²) in [5.41, 5.74) is 1.36. The van der Waals surface area contributed by atoms with Gasteiger partial charge < -0.3 is 19.9 Å². The zero-order chi connectivity index (χ0) is 17.4. The SMILES string of the molecule is COc1ccccc1OCC(C)CNCc1ccc(C(=O)O)cc1. The summed E-state index contributed by atoms with van der Waals surface area (Å²) < 4.78 is 11.1. The Balaban J connectivity index is 1.73. The molecule has 0 amide bonds. The van der Waals surface area contributed by atoms with Gasteiger partial charge in [-0.2, -0.15) is 0 Å². The van der Waals surface area contributed by atoms with Gasteiger partial charge in [-0.1, -0.05) is 31.2 Å². The van der Waals surface area contributed by atoms with E-state index in [-0.39, 0.29) is 0 Å². The molecule has 2 aromatic carbocycles. The number of hydrogen-bond donors (Lipinski definition) is 2. The summed E-state index contributed by atoms with van der Waals surface area (Å²) >= 11 is 0. The van der Waals surface area contributed by atoms with Crippen LogP contribution in [0.15, 0.2) is 48.5 Å². The first-order valence-electron chi connectivity index (χ1n) is 7.89. The molecular formula is C19H23NO4. The van der Waals surface area contributed by atoms with E-state index < -0.39 is 5.97 Å². The number of hydrogen-bond acceptors (Lipinski definition) is 4. The van der Waals surface area contributed by atoms with Gasteiger partial charge in [-0.25, -0.2) is 4.79 Å². The Morgan fingerprint density at radius 3 is 2.42 bits per heavy atom. The summed E-state index contributed by atoms with van der Waals surface area (Å²) in [4.78, 5) is 10.8. The molecule has 0 radical (unpaired) electrons. The van der Waals surface area contributed by atoms with Crippen molar-refractivity contribution in [1.82, 2.24) is 5.32 Å². The molecule has 0 heterocycles. The fourth-order valence-electron chi connectivity index (χ4n) is 2.26. The standard InChI is InChI=1S/C19H23NO4/c1-14(13-24-18-6-4-3-5-17(18)23-2)11-20-12-15-7-9-16(10-8-15)19(21)22/h3-10,14,20H,11-13H2,1-2H3,(H,21,22). The zero-order valence-corrected chi connectivity index (χ0v) is 14.0. The normalized spacial score (nSPS) is 11.8. The van der Waals surface area contributed by atoms with Gasteiger partial charge in [-0.3, -0.25) is 0 Å². The quantitative estimate of drug-likeness (QED) is 0.739. The largest absolute Gasteiger partial charge is 0.493 e. The Labute approximate surface area is 142 Å². The Morgan fingerprint density at radius 1 is 1.12 bits per heavy atom. The first-order valence-corrected chi connectivity index (χ1v) is 7.89. The fraction of sp³-hybridized carbons (Fsp3) is 0.316. The van der Waals surface area contributed by atoms with Crippen LogP contribution in [0.1, 0.15) is 22.8 Å². The average molecular weight is 329 g/mol. The van der Waals surface area contributed by atoms with E-state index >= 15 is 0 Å². The molecule has 2 N–H and O–H groups in total. The highest BCUT2D eigenvalue weighted by atomic mass is 16.5. The Hall–Kier alpha value is -2.53. The van der Waals surface area contributed by atoms with E-state index in [1.54, 1.807) is 19.2 Å². The fourth-order valence-corrected chi connectivity index (χ4v) is 2.26. The van der Waals surface area contributed by atoms with Crippen molar-refractivity contribution >= 4 is 5.97 Å². The van der Waals surface area contributed by atoms with Crippen molar-refractivity contribution in [2.45, 2.75) is 13.5 Å². The molecule has 128 valence electrons. The summed E-state index contributed by atoms with van der Waals surface area (Å²) in [5.74, 6) is 0.900. The average Bonchev–Trinajstić information content (AvgIpc) is 2.60. The predicted octanol–water partition coefficient (Wildman–Crippen LogP) is 3.20. The number of carbonyl (C=O) groups is 1. The molecule has 0 aliphatic carbocycles. The Morgan fingerprint density at radius 2 is 1.79 bits per heavy atom. The molecule has 0 saturated heterocycles. The second-order valence-corrected chi connectivity index (χ2v) is 5.70. The van der Waals surface area contributed by atoms with Gasteiger partial charge in [-0.05, 0) is 29.8 Å². The summed E-state index contributed by atoms with van der Waals surface area (Å²) in [5, 5.41) is 12.2. The molecule has 1 atom stereocenters. The minimum Gasteiger partial charge on any atom is -0.493 e. The monoisotopic (exact) mass is 329 g/mol. The molecule has 24 heavy (non-hydrogen) atoms. The molecule has 2 aromatic rings. The minimum absolute atomic E-state index is 0.303. The van der Waals surface area contributed by atoms with Crippen LogP contribution in [0, 0.1) is 5.92 Å². The zero-order valence-electron chi connectivity index (χ0n) is 14.0. The van der Waals surface area contributed by atoms with Crippen LogP contribution in [-0.2, 0) is 6.54 Å². The van der Waals surface area contributed by atoms with Gasteiger partial charge in [0.15, 0.2) is 11.5 Å². The number of methoxy groups -OCH3 is 1. The summed E-state index contributed by atoms with van der Waals surface area (Å²) in [6.07, 6.45) is 0. The maximum Gasteiger partial charge on any atom is 0.335 e. The molecule has 0 fully saturated rings. The third kappa shape index (κ3) is 5.28. The van der Waals surface area contributed by atoms with Crippen molar-refractivity contribution < 1.29 is 19.4 Å². The lowest BCUT2D eigenvalue weighted by Crippen LogP contribution is -2.24. The van der Waals surface area contributed by atoms with Crippen LogP contribution in [-0.4, -0.2) is 31.3 Å². The van der Waals surface area contributed by atoms with E-state index in [1.165, 1.54) is 0 Å². The number of carboxylic acids is 1. The molecule has 0 saturated carbocycles. The molecule has 0 bridgehead atoms. The van der Waals surface area contributed by atoms with Gasteiger partial charge in [-0.15, -0.1) is 0 Å². The summed E-state index contributed by atoms with van der Waals surface area (Å²) in [6.45, 7) is 4.19. The van der Waals surface area contributed by atoms with E-state index in [9.17, 15) is 4.79 Å². The van der Waals surface area contributed by atoms with Crippen LogP contribution in [0.5, 0.6) is 11.5 Å². The van der Waals surface area contributed by atoms with Crippen molar-refractivity contribution in [2.24, 2.45) is 5.92 Å². The summed E-state index contributed by atoms with van der Waals surface area (Å²) in [6, 6.07) is 14.5. The van der Waals surface area contributed by atoms with Crippen molar-refractivity contribution in [3.63, 3.8) is 0 Å². The van der Waals surface area contributed by atoms with Crippen LogP contribution in [0.4, 0.5) is 0 Å². The third-order valence-corrected chi connectivity index (χ3v) is 3.62. The number of benzene rings is 2. The smallest absolute Gasteiger partial charge is 0.335 e. The van der Waals surface area contributed by atoms with Crippen LogP contribution in [0.25, 0.3) is 0 Å². The molecule has 2 rings (SSSR count). The number of ether oxygens (including phenoxy) is 2. The number of rotatable bonds is 9. The lowest BCUT2D eigenvalue weighted by molar-refractivity contribution is 0.0697. The van der Waals surface area contributed by atoms with Crippen LogP contribution in [0.2, 0.25) is 0 Å². The predicted molar refractivity (Wildman–Crippen MR) is 92.8 cm³/mol. The summed E-state index contributed by atoms with van der Waals surface area (Å²) in [7, 11) is 1.63. The van der Waals surface area contributed by atoms with E-state index in [0.29, 0.717) is 24.6 Å². The van der Waals surface area contributed by atoms with Gasteiger partial charge in [0.25, 0.3) is 0 Å². The van der Waals surface area contributed by atoms with E-state index in [0.717, 1.165) is 23.6 Å². The number of carboxylic acid groups (broad SMARTS) is 1. The number of para-hydroxylation sites is 2. The molecule has 5 nitrogen and oxygen atoms in total. The van der Waals surface area contributed by atoms with Crippen LogP contribution < -0.4 is 14.8 Å². The highest BCUT2D eigenvalue weighted by Crippen LogP contribution is 2.26. The topological polar surface area (TPSA) is 67.8 Å². The number of nitrogens with one attached hydrogen (secondary N) is 1. The molecule has 0 spiro atoms.